The Morgan fingerprint density at radius 2 is 0.632 bits per heavy atom. The van der Waals surface area contributed by atoms with Crippen molar-refractivity contribution < 1.29 is 23.8 Å². The maximum absolute atomic E-state index is 12.8. The van der Waals surface area contributed by atoms with Crippen molar-refractivity contribution >= 4 is 11.9 Å². The fourth-order valence-electron chi connectivity index (χ4n) is 6.90. The average Bonchev–Trinajstić information content (AvgIpc) is 3.34. The minimum Gasteiger partial charge on any atom is -0.462 e. The van der Waals surface area contributed by atoms with Crippen molar-refractivity contribution in [3.8, 4) is 0 Å². The number of carbonyl (C=O) groups excluding carboxylic acids is 2. The number of esters is 2. The van der Waals surface area contributed by atoms with E-state index in [9.17, 15) is 9.59 Å². The highest BCUT2D eigenvalue weighted by atomic mass is 16.6. The van der Waals surface area contributed by atoms with Crippen LogP contribution in [0.1, 0.15) is 213 Å². The molecule has 0 bridgehead atoms. The van der Waals surface area contributed by atoms with E-state index in [1.54, 1.807) is 0 Å². The zero-order chi connectivity index (χ0) is 49.2. The zero-order valence-corrected chi connectivity index (χ0v) is 43.8. The lowest BCUT2D eigenvalue weighted by Crippen LogP contribution is -2.30. The van der Waals surface area contributed by atoms with Crippen LogP contribution in [0.2, 0.25) is 0 Å². The standard InChI is InChI=1S/C63H100O5/c1-4-7-10-13-16-19-22-25-28-30-31-32-34-37-40-43-46-49-52-55-58-66-59-61(68-63(65)57-54-51-48-45-42-39-35-27-24-21-18-15-12-9-6-3)60-67-62(64)56-53-50-47-44-41-38-36-33-29-26-23-20-17-14-11-8-5-2/h7-12,16-21,25-29,31-32,35-36,38,44,47,61H,4-6,13-15,22-24,30,33-34,37,39-43,45-46,48-60H2,1-3H3/b10-7-,11-8-,12-9-,19-16-,20-17-,21-18-,28-25-,29-26-,32-31-,35-27-,38-36-,47-44-. The summed E-state index contributed by atoms with van der Waals surface area (Å²) < 4.78 is 17.4. The summed E-state index contributed by atoms with van der Waals surface area (Å²) in [6.45, 7) is 7.37. The van der Waals surface area contributed by atoms with E-state index < -0.39 is 6.10 Å². The SMILES string of the molecule is CC/C=C\C/C=C\C/C=C\C/C=C\C/C=C\CCCC(=O)OCC(COCCCCCCCCC/C=C\C/C=C\C/C=C\C/C=C\CC)OC(=O)CCCCCCC/C=C\C/C=C\C/C=C\CC. The maximum Gasteiger partial charge on any atom is 0.306 e. The van der Waals surface area contributed by atoms with Gasteiger partial charge in [0, 0.05) is 19.4 Å². The van der Waals surface area contributed by atoms with Gasteiger partial charge in [0.1, 0.15) is 6.61 Å². The number of allylic oxidation sites excluding steroid dienone is 24. The third-order valence-corrected chi connectivity index (χ3v) is 10.9. The van der Waals surface area contributed by atoms with Gasteiger partial charge in [0.15, 0.2) is 6.10 Å². The van der Waals surface area contributed by atoms with Gasteiger partial charge in [-0.05, 0) is 128 Å². The molecular weight excluding hydrogens is 837 g/mol. The molecule has 0 aliphatic carbocycles. The normalized spacial score (nSPS) is 13.4. The van der Waals surface area contributed by atoms with Crippen LogP contribution in [0, 0.1) is 0 Å². The smallest absolute Gasteiger partial charge is 0.306 e. The van der Waals surface area contributed by atoms with E-state index in [0.717, 1.165) is 141 Å². The number of hydrogen-bond donors (Lipinski definition) is 0. The molecule has 0 aromatic rings. The quantitative estimate of drug-likeness (QED) is 0.0346. The molecule has 0 N–H and O–H groups in total. The Morgan fingerprint density at radius 3 is 1.03 bits per heavy atom. The predicted molar refractivity (Wildman–Crippen MR) is 297 cm³/mol. The first-order valence-corrected chi connectivity index (χ1v) is 27.4. The molecule has 1 atom stereocenters. The van der Waals surface area contributed by atoms with Crippen molar-refractivity contribution in [2.24, 2.45) is 0 Å². The number of ether oxygens (including phenoxy) is 3. The molecule has 0 amide bonds. The molecule has 0 aliphatic rings. The molecule has 5 nitrogen and oxygen atoms in total. The zero-order valence-electron chi connectivity index (χ0n) is 43.8. The lowest BCUT2D eigenvalue weighted by Gasteiger charge is -2.18. The van der Waals surface area contributed by atoms with Crippen molar-refractivity contribution in [1.82, 2.24) is 0 Å². The highest BCUT2D eigenvalue weighted by molar-refractivity contribution is 5.70. The summed E-state index contributed by atoms with van der Waals surface area (Å²) in [5.41, 5.74) is 0. The van der Waals surface area contributed by atoms with Gasteiger partial charge in [0.25, 0.3) is 0 Å². The van der Waals surface area contributed by atoms with Gasteiger partial charge in [-0.2, -0.15) is 0 Å². The summed E-state index contributed by atoms with van der Waals surface area (Å²) in [7, 11) is 0. The van der Waals surface area contributed by atoms with Crippen LogP contribution in [-0.2, 0) is 23.8 Å². The van der Waals surface area contributed by atoms with Gasteiger partial charge >= 0.3 is 11.9 Å². The van der Waals surface area contributed by atoms with Crippen molar-refractivity contribution in [3.63, 3.8) is 0 Å². The second kappa shape index (κ2) is 57.1. The number of rotatable bonds is 48. The molecule has 0 rings (SSSR count). The fraction of sp³-hybridized carbons (Fsp3) is 0.587. The van der Waals surface area contributed by atoms with Crippen LogP contribution in [0.15, 0.2) is 146 Å². The lowest BCUT2D eigenvalue weighted by atomic mass is 10.1. The van der Waals surface area contributed by atoms with Crippen LogP contribution in [0.4, 0.5) is 0 Å². The van der Waals surface area contributed by atoms with Gasteiger partial charge in [-0.25, -0.2) is 0 Å². The first kappa shape index (κ1) is 63.8. The average molecular weight is 937 g/mol. The highest BCUT2D eigenvalue weighted by Crippen LogP contribution is 2.12. The Balaban J connectivity index is 4.44. The molecule has 382 valence electrons. The summed E-state index contributed by atoms with van der Waals surface area (Å²) in [5, 5.41) is 0. The summed E-state index contributed by atoms with van der Waals surface area (Å²) >= 11 is 0. The van der Waals surface area contributed by atoms with E-state index in [2.05, 4.69) is 167 Å². The Labute approximate surface area is 419 Å². The molecule has 0 radical (unpaired) electrons. The third kappa shape index (κ3) is 54.4. The highest BCUT2D eigenvalue weighted by Gasteiger charge is 2.17. The number of hydrogen-bond acceptors (Lipinski definition) is 5. The predicted octanol–water partition coefficient (Wildman–Crippen LogP) is 18.9. The summed E-state index contributed by atoms with van der Waals surface area (Å²) in [5.74, 6) is -0.501. The van der Waals surface area contributed by atoms with Gasteiger partial charge in [-0.1, -0.05) is 218 Å². The van der Waals surface area contributed by atoms with Gasteiger partial charge < -0.3 is 14.2 Å². The Kier molecular flexibility index (Phi) is 53.6. The molecule has 0 heterocycles. The first-order valence-electron chi connectivity index (χ1n) is 27.4. The molecule has 0 fully saturated rings. The van der Waals surface area contributed by atoms with Crippen LogP contribution in [0.5, 0.6) is 0 Å². The van der Waals surface area contributed by atoms with Gasteiger partial charge in [0.2, 0.25) is 0 Å². The van der Waals surface area contributed by atoms with Crippen LogP contribution >= 0.6 is 0 Å². The van der Waals surface area contributed by atoms with Crippen LogP contribution in [0.3, 0.4) is 0 Å². The van der Waals surface area contributed by atoms with Gasteiger partial charge in [0.05, 0.1) is 6.61 Å². The summed E-state index contributed by atoms with van der Waals surface area (Å²) in [4.78, 5) is 25.5. The Hall–Kier alpha value is -4.22. The Morgan fingerprint density at radius 1 is 0.324 bits per heavy atom. The van der Waals surface area contributed by atoms with E-state index in [-0.39, 0.29) is 25.2 Å². The van der Waals surface area contributed by atoms with Gasteiger partial charge in [-0.15, -0.1) is 0 Å². The topological polar surface area (TPSA) is 61.8 Å². The summed E-state index contributed by atoms with van der Waals surface area (Å²) in [6.07, 6.45) is 83.0. The van der Waals surface area contributed by atoms with Crippen LogP contribution in [0.25, 0.3) is 0 Å². The van der Waals surface area contributed by atoms with Crippen molar-refractivity contribution in [1.29, 1.82) is 0 Å². The number of unbranched alkanes of at least 4 members (excludes halogenated alkanes) is 13. The van der Waals surface area contributed by atoms with Crippen molar-refractivity contribution in [3.05, 3.63) is 146 Å². The van der Waals surface area contributed by atoms with Crippen LogP contribution in [-0.4, -0.2) is 37.9 Å². The van der Waals surface area contributed by atoms with Crippen molar-refractivity contribution in [2.75, 3.05) is 19.8 Å². The van der Waals surface area contributed by atoms with E-state index in [0.29, 0.717) is 19.4 Å². The second-order valence-electron chi connectivity index (χ2n) is 17.3. The van der Waals surface area contributed by atoms with E-state index in [4.69, 9.17) is 14.2 Å². The molecule has 0 saturated heterocycles. The van der Waals surface area contributed by atoms with E-state index in [1.807, 2.05) is 0 Å². The minimum atomic E-state index is -0.586. The van der Waals surface area contributed by atoms with Crippen LogP contribution < -0.4 is 0 Å². The first-order chi connectivity index (χ1) is 33.6. The molecule has 0 aromatic carbocycles. The minimum absolute atomic E-state index is 0.0341. The molecule has 5 heteroatoms. The molecule has 0 saturated carbocycles. The second-order valence-corrected chi connectivity index (χ2v) is 17.3. The molecule has 0 spiro atoms. The molecular formula is C63H100O5. The maximum atomic E-state index is 12.8. The molecule has 1 unspecified atom stereocenters. The fourth-order valence-corrected chi connectivity index (χ4v) is 6.90. The lowest BCUT2D eigenvalue weighted by molar-refractivity contribution is -0.163. The van der Waals surface area contributed by atoms with E-state index >= 15 is 0 Å². The monoisotopic (exact) mass is 937 g/mol. The largest absolute Gasteiger partial charge is 0.462 e. The van der Waals surface area contributed by atoms with E-state index in [1.165, 1.54) is 38.5 Å². The molecule has 0 aliphatic heterocycles. The Bertz CT molecular complexity index is 1480. The molecule has 0 aromatic heterocycles. The number of carbonyl (C=O) groups is 2. The third-order valence-electron chi connectivity index (χ3n) is 10.9. The summed E-state index contributed by atoms with van der Waals surface area (Å²) in [6, 6.07) is 0. The molecule has 68 heavy (non-hydrogen) atoms. The van der Waals surface area contributed by atoms with Crippen molar-refractivity contribution in [2.45, 2.75) is 219 Å². The van der Waals surface area contributed by atoms with Gasteiger partial charge in [-0.3, -0.25) is 9.59 Å².